The number of carbonyl (C=O) groups excluding carboxylic acids is 1. The molecule has 1 heterocycles. The third-order valence-electron chi connectivity index (χ3n) is 4.66. The summed E-state index contributed by atoms with van der Waals surface area (Å²) in [5.74, 6) is -0.296. The van der Waals surface area contributed by atoms with E-state index in [1.165, 1.54) is 0 Å². The minimum Gasteiger partial charge on any atom is -0.381 e. The summed E-state index contributed by atoms with van der Waals surface area (Å²) in [6.07, 6.45) is -1.31. The van der Waals surface area contributed by atoms with Crippen LogP contribution in [0.5, 0.6) is 0 Å². The van der Waals surface area contributed by atoms with E-state index in [1.807, 2.05) is 6.07 Å². The molecule has 3 nitrogen and oxygen atoms in total. The van der Waals surface area contributed by atoms with Crippen molar-refractivity contribution in [2.24, 2.45) is 0 Å². The van der Waals surface area contributed by atoms with E-state index in [0.29, 0.717) is 31.6 Å². The van der Waals surface area contributed by atoms with Crippen LogP contribution in [0.2, 0.25) is 0 Å². The van der Waals surface area contributed by atoms with Crippen LogP contribution in [0.25, 0.3) is 0 Å². The van der Waals surface area contributed by atoms with Crippen molar-refractivity contribution in [2.75, 3.05) is 19.8 Å². The number of hydrogen-bond acceptors (Lipinski definition) is 2. The number of nitrogens with zero attached hydrogens (tertiary/aromatic N) is 1. The van der Waals surface area contributed by atoms with Gasteiger partial charge in [-0.05, 0) is 43.4 Å². The van der Waals surface area contributed by atoms with Crippen LogP contribution in [0.15, 0.2) is 24.3 Å². The second-order valence-electron chi connectivity index (χ2n) is 6.32. The molecular weight excluding hydrogens is 307 g/mol. The molecule has 0 N–H and O–H groups in total. The van der Waals surface area contributed by atoms with E-state index in [2.05, 4.69) is 0 Å². The summed E-state index contributed by atoms with van der Waals surface area (Å²) in [4.78, 5) is 13.6. The maximum Gasteiger partial charge on any atom is 0.406 e. The third-order valence-corrected chi connectivity index (χ3v) is 4.66. The Kier molecular flexibility index (Phi) is 4.62. The van der Waals surface area contributed by atoms with Gasteiger partial charge in [-0.1, -0.05) is 12.1 Å². The van der Waals surface area contributed by atoms with Gasteiger partial charge in [0.05, 0.1) is 6.61 Å². The van der Waals surface area contributed by atoms with Gasteiger partial charge in [-0.2, -0.15) is 13.2 Å². The molecule has 23 heavy (non-hydrogen) atoms. The highest BCUT2D eigenvalue weighted by atomic mass is 19.4. The molecule has 1 aromatic rings. The zero-order chi connectivity index (χ0) is 16.4. The molecule has 1 saturated carbocycles. The minimum atomic E-state index is -4.37. The van der Waals surface area contributed by atoms with E-state index < -0.39 is 18.6 Å². The fourth-order valence-corrected chi connectivity index (χ4v) is 3.15. The van der Waals surface area contributed by atoms with Crippen LogP contribution in [0.1, 0.15) is 47.5 Å². The van der Waals surface area contributed by atoms with Crippen LogP contribution in [0.4, 0.5) is 13.2 Å². The zero-order valence-electron chi connectivity index (χ0n) is 12.8. The van der Waals surface area contributed by atoms with Crippen LogP contribution in [-0.4, -0.2) is 42.8 Å². The Morgan fingerprint density at radius 1 is 1.26 bits per heavy atom. The van der Waals surface area contributed by atoms with Crippen LogP contribution < -0.4 is 0 Å². The Morgan fingerprint density at radius 3 is 2.61 bits per heavy atom. The molecule has 0 aromatic heterocycles. The van der Waals surface area contributed by atoms with Crippen molar-refractivity contribution in [3.05, 3.63) is 35.4 Å². The average molecular weight is 327 g/mol. The molecule has 1 saturated heterocycles. The number of halogens is 3. The summed E-state index contributed by atoms with van der Waals surface area (Å²) < 4.78 is 43.8. The van der Waals surface area contributed by atoms with Gasteiger partial charge in [0.1, 0.15) is 6.54 Å². The zero-order valence-corrected chi connectivity index (χ0v) is 12.8. The maximum absolute atomic E-state index is 12.8. The van der Waals surface area contributed by atoms with E-state index >= 15 is 0 Å². The van der Waals surface area contributed by atoms with Gasteiger partial charge in [-0.3, -0.25) is 4.79 Å². The van der Waals surface area contributed by atoms with Gasteiger partial charge in [-0.25, -0.2) is 0 Å². The van der Waals surface area contributed by atoms with E-state index in [1.54, 1.807) is 18.2 Å². The lowest BCUT2D eigenvalue weighted by Crippen LogP contribution is -2.48. The number of ether oxygens (including phenoxy) is 1. The largest absolute Gasteiger partial charge is 0.406 e. The molecule has 0 spiro atoms. The Balaban J connectivity index is 1.80. The van der Waals surface area contributed by atoms with Crippen molar-refractivity contribution >= 4 is 5.91 Å². The summed E-state index contributed by atoms with van der Waals surface area (Å²) in [6.45, 7) is 0.116. The number of alkyl halides is 3. The maximum atomic E-state index is 12.8. The highest BCUT2D eigenvalue weighted by Crippen LogP contribution is 2.31. The molecule has 1 aliphatic carbocycles. The number of carbonyl (C=O) groups is 1. The molecule has 6 heteroatoms. The standard InChI is InChI=1S/C17H20F3NO2/c18-17(19,20)11-21(15-5-2-6-15)16(22)13-4-1-3-12(9-13)14-7-8-23-10-14/h1,3-4,9,14-15H,2,5-8,10-11H2. The Bertz CT molecular complexity index is 563. The normalized spacial score (nSPS) is 22.0. The second kappa shape index (κ2) is 6.51. The van der Waals surface area contributed by atoms with Crippen molar-refractivity contribution in [2.45, 2.75) is 43.8 Å². The molecule has 126 valence electrons. The molecule has 2 fully saturated rings. The smallest absolute Gasteiger partial charge is 0.381 e. The number of rotatable bonds is 4. The molecule has 0 bridgehead atoms. The molecule has 3 rings (SSSR count). The molecular formula is C17H20F3NO2. The molecule has 1 aliphatic heterocycles. The predicted octanol–water partition coefficient (Wildman–Crippen LogP) is 3.75. The second-order valence-corrected chi connectivity index (χ2v) is 6.32. The van der Waals surface area contributed by atoms with Crippen molar-refractivity contribution in [3.63, 3.8) is 0 Å². The molecule has 1 amide bonds. The van der Waals surface area contributed by atoms with Crippen molar-refractivity contribution in [1.82, 2.24) is 4.90 Å². The van der Waals surface area contributed by atoms with Gasteiger partial charge >= 0.3 is 6.18 Å². The van der Waals surface area contributed by atoms with E-state index in [9.17, 15) is 18.0 Å². The first kappa shape index (κ1) is 16.3. The fourth-order valence-electron chi connectivity index (χ4n) is 3.15. The highest BCUT2D eigenvalue weighted by Gasteiger charge is 2.38. The van der Waals surface area contributed by atoms with Gasteiger partial charge in [0.25, 0.3) is 5.91 Å². The monoisotopic (exact) mass is 327 g/mol. The van der Waals surface area contributed by atoms with Gasteiger partial charge in [-0.15, -0.1) is 0 Å². The minimum absolute atomic E-state index is 0.225. The van der Waals surface area contributed by atoms with Gasteiger partial charge in [0.15, 0.2) is 0 Å². The van der Waals surface area contributed by atoms with Crippen molar-refractivity contribution in [1.29, 1.82) is 0 Å². The summed E-state index contributed by atoms with van der Waals surface area (Å²) in [7, 11) is 0. The van der Waals surface area contributed by atoms with Crippen LogP contribution in [0.3, 0.4) is 0 Å². The summed E-state index contributed by atoms with van der Waals surface area (Å²) in [5, 5.41) is 0. The van der Waals surface area contributed by atoms with Crippen LogP contribution >= 0.6 is 0 Å². The van der Waals surface area contributed by atoms with Gasteiger partial charge in [0, 0.05) is 24.1 Å². The summed E-state index contributed by atoms with van der Waals surface area (Å²) in [6, 6.07) is 6.69. The van der Waals surface area contributed by atoms with E-state index in [4.69, 9.17) is 4.74 Å². The Morgan fingerprint density at radius 2 is 2.04 bits per heavy atom. The molecule has 1 atom stereocenters. The first-order valence-corrected chi connectivity index (χ1v) is 7.99. The highest BCUT2D eigenvalue weighted by molar-refractivity contribution is 5.94. The predicted molar refractivity (Wildman–Crippen MR) is 79.3 cm³/mol. The Hall–Kier alpha value is -1.56. The first-order valence-electron chi connectivity index (χ1n) is 7.99. The lowest BCUT2D eigenvalue weighted by Gasteiger charge is -2.38. The lowest BCUT2D eigenvalue weighted by atomic mass is 9.90. The summed E-state index contributed by atoms with van der Waals surface area (Å²) in [5.41, 5.74) is 1.31. The van der Waals surface area contributed by atoms with E-state index in [-0.39, 0.29) is 12.0 Å². The third kappa shape index (κ3) is 3.86. The fraction of sp³-hybridized carbons (Fsp3) is 0.588. The van der Waals surface area contributed by atoms with Crippen molar-refractivity contribution < 1.29 is 22.7 Å². The molecule has 1 aromatic carbocycles. The molecule has 0 radical (unpaired) electrons. The SMILES string of the molecule is O=C(c1cccc(C2CCOC2)c1)N(CC(F)(F)F)C1CCC1. The average Bonchev–Trinajstić information content (AvgIpc) is 2.97. The topological polar surface area (TPSA) is 29.5 Å². The Labute approximate surface area is 133 Å². The quantitative estimate of drug-likeness (QED) is 0.843. The first-order chi connectivity index (χ1) is 10.9. The van der Waals surface area contributed by atoms with Crippen LogP contribution in [-0.2, 0) is 4.74 Å². The number of hydrogen-bond donors (Lipinski definition) is 0. The molecule has 1 unspecified atom stereocenters. The number of amides is 1. The van der Waals surface area contributed by atoms with Gasteiger partial charge < -0.3 is 9.64 Å². The van der Waals surface area contributed by atoms with Crippen molar-refractivity contribution in [3.8, 4) is 0 Å². The summed E-state index contributed by atoms with van der Waals surface area (Å²) >= 11 is 0. The van der Waals surface area contributed by atoms with E-state index in [0.717, 1.165) is 23.3 Å². The lowest BCUT2D eigenvalue weighted by molar-refractivity contribution is -0.147. The number of benzene rings is 1. The van der Waals surface area contributed by atoms with Crippen LogP contribution in [0, 0.1) is 0 Å². The van der Waals surface area contributed by atoms with Gasteiger partial charge in [0.2, 0.25) is 0 Å². The molecule has 2 aliphatic rings.